The summed E-state index contributed by atoms with van der Waals surface area (Å²) < 4.78 is 5.19. The zero-order valence-electron chi connectivity index (χ0n) is 6.55. The van der Waals surface area contributed by atoms with Gasteiger partial charge in [0.05, 0.1) is 6.61 Å². The lowest BCUT2D eigenvalue weighted by molar-refractivity contribution is -0.131. The molecule has 0 unspecified atom stereocenters. The minimum absolute atomic E-state index is 0.291. The van der Waals surface area contributed by atoms with Gasteiger partial charge in [0.15, 0.2) is 0 Å². The molecule has 1 saturated heterocycles. The second kappa shape index (κ2) is 2.77. The molecule has 0 spiro atoms. The molecule has 1 fully saturated rings. The summed E-state index contributed by atoms with van der Waals surface area (Å²) in [4.78, 5) is 10.8. The average molecular weight is 160 g/mol. The van der Waals surface area contributed by atoms with E-state index < -0.39 is 17.7 Å². The van der Waals surface area contributed by atoms with Gasteiger partial charge in [0.1, 0.15) is 11.8 Å². The van der Waals surface area contributed by atoms with Crippen LogP contribution in [0, 0.1) is 0 Å². The number of hydrogen-bond acceptors (Lipinski definition) is 4. The number of hydrogen-bond donors (Lipinski definition) is 3. The number of carbonyl (C=O) groups excluding carboxylic acids is 1. The van der Waals surface area contributed by atoms with Crippen molar-refractivity contribution in [2.45, 2.75) is 25.6 Å². The molecule has 0 aromatic rings. The van der Waals surface area contributed by atoms with Gasteiger partial charge < -0.3 is 4.74 Å². The van der Waals surface area contributed by atoms with E-state index in [9.17, 15) is 4.79 Å². The van der Waals surface area contributed by atoms with Crippen LogP contribution in [0.25, 0.3) is 0 Å². The van der Waals surface area contributed by atoms with Gasteiger partial charge in [0.25, 0.3) is 5.91 Å². The van der Waals surface area contributed by atoms with Crippen molar-refractivity contribution in [1.82, 2.24) is 10.8 Å². The highest BCUT2D eigenvalue weighted by Gasteiger charge is 2.34. The predicted octanol–water partition coefficient (Wildman–Crippen LogP) is -0.784. The van der Waals surface area contributed by atoms with Crippen molar-refractivity contribution in [3.8, 4) is 0 Å². The molecule has 1 aliphatic rings. The van der Waals surface area contributed by atoms with Gasteiger partial charge in [-0.3, -0.25) is 15.3 Å². The summed E-state index contributed by atoms with van der Waals surface area (Å²) in [7, 11) is 0. The standard InChI is InChI=1S/C6H12N2O3/c1-6(2)7-4(3-11-6)5(9)8-10/h4,7,10H,3H2,1-2H3,(H,8,9)/t4-/m0/s1. The van der Waals surface area contributed by atoms with Crippen molar-refractivity contribution >= 4 is 5.91 Å². The van der Waals surface area contributed by atoms with Crippen molar-refractivity contribution in [3.05, 3.63) is 0 Å². The predicted molar refractivity (Wildman–Crippen MR) is 36.9 cm³/mol. The highest BCUT2D eigenvalue weighted by atomic mass is 16.5. The molecule has 0 aliphatic carbocycles. The second-order valence-corrected chi connectivity index (χ2v) is 2.99. The molecular formula is C6H12N2O3. The monoisotopic (exact) mass is 160 g/mol. The Balaban J connectivity index is 2.48. The van der Waals surface area contributed by atoms with Gasteiger partial charge >= 0.3 is 0 Å². The molecule has 0 aromatic heterocycles. The normalized spacial score (nSPS) is 28.5. The zero-order chi connectivity index (χ0) is 8.48. The molecule has 1 aliphatic heterocycles. The maximum Gasteiger partial charge on any atom is 0.262 e. The van der Waals surface area contributed by atoms with Crippen LogP contribution < -0.4 is 10.8 Å². The first kappa shape index (κ1) is 8.45. The highest BCUT2D eigenvalue weighted by molar-refractivity contribution is 5.81. The summed E-state index contributed by atoms with van der Waals surface area (Å²) in [6.45, 7) is 3.93. The number of carbonyl (C=O) groups is 1. The summed E-state index contributed by atoms with van der Waals surface area (Å²) >= 11 is 0. The molecular weight excluding hydrogens is 148 g/mol. The Kier molecular flexibility index (Phi) is 2.12. The van der Waals surface area contributed by atoms with Crippen LogP contribution >= 0.6 is 0 Å². The Morgan fingerprint density at radius 2 is 2.45 bits per heavy atom. The lowest BCUT2D eigenvalue weighted by atomic mass is 10.3. The first-order valence-electron chi connectivity index (χ1n) is 3.41. The largest absolute Gasteiger partial charge is 0.359 e. The molecule has 5 heteroatoms. The molecule has 1 atom stereocenters. The lowest BCUT2D eigenvalue weighted by Crippen LogP contribution is -2.46. The molecule has 0 radical (unpaired) electrons. The summed E-state index contributed by atoms with van der Waals surface area (Å²) in [6.07, 6.45) is 0. The van der Waals surface area contributed by atoms with E-state index in [-0.39, 0.29) is 0 Å². The van der Waals surface area contributed by atoms with E-state index in [1.165, 1.54) is 0 Å². The lowest BCUT2D eigenvalue weighted by Gasteiger charge is -2.17. The van der Waals surface area contributed by atoms with Crippen LogP contribution in [0.4, 0.5) is 0 Å². The Morgan fingerprint density at radius 1 is 1.82 bits per heavy atom. The van der Waals surface area contributed by atoms with Gasteiger partial charge in [0.2, 0.25) is 0 Å². The minimum atomic E-state index is -0.475. The van der Waals surface area contributed by atoms with Gasteiger partial charge in [0, 0.05) is 0 Å². The smallest absolute Gasteiger partial charge is 0.262 e. The number of ether oxygens (including phenoxy) is 1. The molecule has 5 nitrogen and oxygen atoms in total. The first-order valence-corrected chi connectivity index (χ1v) is 3.41. The molecule has 0 saturated carbocycles. The van der Waals surface area contributed by atoms with Crippen LogP contribution in [0.15, 0.2) is 0 Å². The van der Waals surface area contributed by atoms with Gasteiger partial charge in [-0.15, -0.1) is 0 Å². The topological polar surface area (TPSA) is 70.6 Å². The van der Waals surface area contributed by atoms with E-state index in [1.54, 1.807) is 5.48 Å². The first-order chi connectivity index (χ1) is 5.05. The zero-order valence-corrected chi connectivity index (χ0v) is 6.55. The van der Waals surface area contributed by atoms with Gasteiger partial charge in [-0.05, 0) is 13.8 Å². The van der Waals surface area contributed by atoms with E-state index in [4.69, 9.17) is 9.94 Å². The van der Waals surface area contributed by atoms with E-state index in [1.807, 2.05) is 13.8 Å². The van der Waals surface area contributed by atoms with Crippen LogP contribution in [-0.2, 0) is 9.53 Å². The Bertz CT molecular complexity index is 169. The fourth-order valence-electron chi connectivity index (χ4n) is 1.01. The third-order valence-corrected chi connectivity index (χ3v) is 1.56. The fourth-order valence-corrected chi connectivity index (χ4v) is 1.01. The summed E-state index contributed by atoms with van der Waals surface area (Å²) in [5, 5.41) is 11.2. The third kappa shape index (κ3) is 1.89. The molecule has 1 amide bonds. The number of amides is 1. The van der Waals surface area contributed by atoms with Crippen molar-refractivity contribution in [2.24, 2.45) is 0 Å². The van der Waals surface area contributed by atoms with E-state index in [0.29, 0.717) is 6.61 Å². The van der Waals surface area contributed by atoms with Gasteiger partial charge in [-0.1, -0.05) is 0 Å². The molecule has 1 rings (SSSR count). The number of rotatable bonds is 1. The third-order valence-electron chi connectivity index (χ3n) is 1.56. The van der Waals surface area contributed by atoms with Crippen LogP contribution in [0.2, 0.25) is 0 Å². The average Bonchev–Trinajstić information content (AvgIpc) is 2.29. The van der Waals surface area contributed by atoms with E-state index in [2.05, 4.69) is 5.32 Å². The Morgan fingerprint density at radius 3 is 2.82 bits per heavy atom. The number of hydroxylamine groups is 1. The van der Waals surface area contributed by atoms with Crippen molar-refractivity contribution in [1.29, 1.82) is 0 Å². The minimum Gasteiger partial charge on any atom is -0.359 e. The fraction of sp³-hybridized carbons (Fsp3) is 0.833. The highest BCUT2D eigenvalue weighted by Crippen LogP contribution is 2.13. The van der Waals surface area contributed by atoms with Gasteiger partial charge in [-0.2, -0.15) is 0 Å². The van der Waals surface area contributed by atoms with Gasteiger partial charge in [-0.25, -0.2) is 5.48 Å². The van der Waals surface area contributed by atoms with Crippen molar-refractivity contribution < 1.29 is 14.7 Å². The molecule has 11 heavy (non-hydrogen) atoms. The van der Waals surface area contributed by atoms with Crippen LogP contribution in [0.1, 0.15) is 13.8 Å². The summed E-state index contributed by atoms with van der Waals surface area (Å²) in [5.41, 5.74) is 1.09. The molecule has 0 aromatic carbocycles. The quantitative estimate of drug-likeness (QED) is 0.347. The Labute approximate surface area is 64.7 Å². The molecule has 0 bridgehead atoms. The maximum absolute atomic E-state index is 10.8. The van der Waals surface area contributed by atoms with Crippen LogP contribution in [0.3, 0.4) is 0 Å². The molecule has 64 valence electrons. The SMILES string of the molecule is CC1(C)N[C@H](C(=O)NO)CO1. The Hall–Kier alpha value is -0.650. The van der Waals surface area contributed by atoms with Crippen LogP contribution in [0.5, 0.6) is 0 Å². The summed E-state index contributed by atoms with van der Waals surface area (Å²) in [6, 6.07) is -0.449. The molecule has 3 N–H and O–H groups in total. The van der Waals surface area contributed by atoms with Crippen molar-refractivity contribution in [3.63, 3.8) is 0 Å². The van der Waals surface area contributed by atoms with E-state index >= 15 is 0 Å². The van der Waals surface area contributed by atoms with E-state index in [0.717, 1.165) is 0 Å². The second-order valence-electron chi connectivity index (χ2n) is 2.99. The number of nitrogens with one attached hydrogen (secondary N) is 2. The maximum atomic E-state index is 10.8. The molecule has 1 heterocycles. The summed E-state index contributed by atoms with van der Waals surface area (Å²) in [5.74, 6) is -0.462. The van der Waals surface area contributed by atoms with Crippen molar-refractivity contribution in [2.75, 3.05) is 6.61 Å². The van der Waals surface area contributed by atoms with Crippen LogP contribution in [-0.4, -0.2) is 29.5 Å².